The van der Waals surface area contributed by atoms with Crippen molar-refractivity contribution in [1.29, 1.82) is 0 Å². The van der Waals surface area contributed by atoms with Gasteiger partial charge in [0.05, 0.1) is 24.8 Å². The van der Waals surface area contributed by atoms with Crippen LogP contribution in [0.15, 0.2) is 59.8 Å². The molecule has 4 rings (SSSR count). The summed E-state index contributed by atoms with van der Waals surface area (Å²) in [5.41, 5.74) is 1.56. The molecule has 0 bridgehead atoms. The third-order valence-corrected chi connectivity index (χ3v) is 5.48. The lowest BCUT2D eigenvalue weighted by Crippen LogP contribution is -2.25. The molecule has 1 aliphatic heterocycles. The predicted molar refractivity (Wildman–Crippen MR) is 102 cm³/mol. The maximum absolute atomic E-state index is 14.4. The van der Waals surface area contributed by atoms with Crippen molar-refractivity contribution >= 4 is 11.8 Å². The molecule has 2 heterocycles. The summed E-state index contributed by atoms with van der Waals surface area (Å²) in [6.45, 7) is 1.62. The SMILES string of the molecule is Fc1ccccc1-c1nnc(SC[C@H]2CCOCO2)n1Cc1ccccc1. The Morgan fingerprint density at radius 1 is 1.07 bits per heavy atom. The zero-order chi connectivity index (χ0) is 18.5. The number of thioether (sulfide) groups is 1. The summed E-state index contributed by atoms with van der Waals surface area (Å²) in [7, 11) is 0. The lowest BCUT2D eigenvalue weighted by Gasteiger charge is -2.22. The van der Waals surface area contributed by atoms with E-state index in [1.807, 2.05) is 41.0 Å². The van der Waals surface area contributed by atoms with Crippen LogP contribution in [0, 0.1) is 5.82 Å². The summed E-state index contributed by atoms with van der Waals surface area (Å²) >= 11 is 1.58. The van der Waals surface area contributed by atoms with Crippen molar-refractivity contribution in [2.45, 2.75) is 24.2 Å². The van der Waals surface area contributed by atoms with Crippen molar-refractivity contribution in [3.63, 3.8) is 0 Å². The average molecular weight is 385 g/mol. The molecule has 0 unspecified atom stereocenters. The van der Waals surface area contributed by atoms with Crippen LogP contribution in [0.5, 0.6) is 0 Å². The molecule has 1 aromatic heterocycles. The molecule has 0 spiro atoms. The third kappa shape index (κ3) is 4.37. The Hall–Kier alpha value is -2.22. The third-order valence-electron chi connectivity index (χ3n) is 4.38. The highest BCUT2D eigenvalue weighted by Crippen LogP contribution is 2.28. The van der Waals surface area contributed by atoms with Crippen molar-refractivity contribution in [3.8, 4) is 11.4 Å². The lowest BCUT2D eigenvalue weighted by molar-refractivity contribution is -0.130. The Bertz CT molecular complexity index is 882. The van der Waals surface area contributed by atoms with E-state index >= 15 is 0 Å². The summed E-state index contributed by atoms with van der Waals surface area (Å²) < 4.78 is 27.2. The molecule has 5 nitrogen and oxygen atoms in total. The number of ether oxygens (including phenoxy) is 2. The number of hydrogen-bond acceptors (Lipinski definition) is 5. The minimum atomic E-state index is -0.302. The molecule has 0 amide bonds. The van der Waals surface area contributed by atoms with Crippen LogP contribution >= 0.6 is 11.8 Å². The molecule has 0 aliphatic carbocycles. The first kappa shape index (κ1) is 18.2. The van der Waals surface area contributed by atoms with E-state index < -0.39 is 0 Å². The standard InChI is InChI=1S/C20H20FN3O2S/c21-18-9-5-4-8-17(18)19-22-23-20(27-13-16-10-11-25-14-26-16)24(19)12-15-6-2-1-3-7-15/h1-9,16H,10-14H2/t16-/m1/s1. The molecule has 1 atom stereocenters. The highest BCUT2D eigenvalue weighted by Gasteiger charge is 2.20. The minimum Gasteiger partial charge on any atom is -0.355 e. The van der Waals surface area contributed by atoms with Gasteiger partial charge in [-0.3, -0.25) is 4.57 Å². The van der Waals surface area contributed by atoms with Gasteiger partial charge in [0.15, 0.2) is 11.0 Å². The number of aromatic nitrogens is 3. The molecule has 1 saturated heterocycles. The number of nitrogens with zero attached hydrogens (tertiary/aromatic N) is 3. The first-order valence-electron chi connectivity index (χ1n) is 8.85. The second-order valence-corrected chi connectivity index (χ2v) is 7.26. The number of rotatable bonds is 6. The van der Waals surface area contributed by atoms with Gasteiger partial charge in [0.1, 0.15) is 12.6 Å². The Morgan fingerprint density at radius 3 is 2.67 bits per heavy atom. The second-order valence-electron chi connectivity index (χ2n) is 6.27. The summed E-state index contributed by atoms with van der Waals surface area (Å²) in [5.74, 6) is 0.990. The van der Waals surface area contributed by atoms with Crippen molar-refractivity contribution in [2.75, 3.05) is 19.2 Å². The fraction of sp³-hybridized carbons (Fsp3) is 0.300. The van der Waals surface area contributed by atoms with Crippen LogP contribution in [0.4, 0.5) is 4.39 Å². The smallest absolute Gasteiger partial charge is 0.191 e. The van der Waals surface area contributed by atoms with Crippen LogP contribution in [0.2, 0.25) is 0 Å². The quantitative estimate of drug-likeness (QED) is 0.601. The van der Waals surface area contributed by atoms with Crippen molar-refractivity contribution in [3.05, 3.63) is 66.0 Å². The summed E-state index contributed by atoms with van der Waals surface area (Å²) in [4.78, 5) is 0. The van der Waals surface area contributed by atoms with E-state index in [0.717, 1.165) is 22.9 Å². The normalized spacial score (nSPS) is 17.1. The van der Waals surface area contributed by atoms with E-state index in [0.29, 0.717) is 31.3 Å². The lowest BCUT2D eigenvalue weighted by atomic mass is 10.2. The zero-order valence-corrected chi connectivity index (χ0v) is 15.6. The maximum Gasteiger partial charge on any atom is 0.191 e. The van der Waals surface area contributed by atoms with Crippen LogP contribution in [-0.4, -0.2) is 40.0 Å². The van der Waals surface area contributed by atoms with Gasteiger partial charge in [0.2, 0.25) is 0 Å². The Kier molecular flexibility index (Phi) is 5.81. The molecule has 3 aromatic rings. The summed E-state index contributed by atoms with van der Waals surface area (Å²) in [5, 5.41) is 9.39. The number of halogens is 1. The fourth-order valence-corrected chi connectivity index (χ4v) is 3.95. The van der Waals surface area contributed by atoms with Gasteiger partial charge in [0.25, 0.3) is 0 Å². The van der Waals surface area contributed by atoms with Crippen LogP contribution in [0.3, 0.4) is 0 Å². The molecular weight excluding hydrogens is 365 g/mol. The van der Waals surface area contributed by atoms with E-state index in [-0.39, 0.29) is 11.9 Å². The van der Waals surface area contributed by atoms with Gasteiger partial charge in [-0.1, -0.05) is 54.2 Å². The Labute approximate surface area is 161 Å². The number of hydrogen-bond donors (Lipinski definition) is 0. The van der Waals surface area contributed by atoms with Crippen LogP contribution in [0.25, 0.3) is 11.4 Å². The Morgan fingerprint density at radius 2 is 1.89 bits per heavy atom. The summed E-state index contributed by atoms with van der Waals surface area (Å²) in [6, 6.07) is 16.7. The van der Waals surface area contributed by atoms with Crippen molar-refractivity contribution < 1.29 is 13.9 Å². The molecule has 1 aliphatic rings. The van der Waals surface area contributed by atoms with Crippen LogP contribution in [-0.2, 0) is 16.0 Å². The highest BCUT2D eigenvalue weighted by atomic mass is 32.2. The maximum atomic E-state index is 14.4. The average Bonchev–Trinajstić information content (AvgIpc) is 3.10. The van der Waals surface area contributed by atoms with Gasteiger partial charge in [-0.25, -0.2) is 4.39 Å². The van der Waals surface area contributed by atoms with Gasteiger partial charge >= 0.3 is 0 Å². The van der Waals surface area contributed by atoms with Gasteiger partial charge in [-0.15, -0.1) is 10.2 Å². The molecule has 7 heteroatoms. The topological polar surface area (TPSA) is 49.2 Å². The van der Waals surface area contributed by atoms with E-state index in [4.69, 9.17) is 9.47 Å². The van der Waals surface area contributed by atoms with Crippen molar-refractivity contribution in [2.24, 2.45) is 0 Å². The van der Waals surface area contributed by atoms with Crippen LogP contribution < -0.4 is 0 Å². The van der Waals surface area contributed by atoms with Gasteiger partial charge < -0.3 is 9.47 Å². The largest absolute Gasteiger partial charge is 0.355 e. The van der Waals surface area contributed by atoms with E-state index in [9.17, 15) is 4.39 Å². The van der Waals surface area contributed by atoms with E-state index in [1.165, 1.54) is 6.07 Å². The molecular formula is C20H20FN3O2S. The first-order chi connectivity index (χ1) is 13.3. The fourth-order valence-electron chi connectivity index (χ4n) is 2.95. The minimum absolute atomic E-state index is 0.127. The van der Waals surface area contributed by atoms with Crippen molar-refractivity contribution in [1.82, 2.24) is 14.8 Å². The number of benzene rings is 2. The molecule has 27 heavy (non-hydrogen) atoms. The molecule has 0 radical (unpaired) electrons. The van der Waals surface area contributed by atoms with E-state index in [1.54, 1.807) is 23.9 Å². The van der Waals surface area contributed by atoms with Gasteiger partial charge in [-0.05, 0) is 24.1 Å². The molecule has 0 N–H and O–H groups in total. The molecule has 140 valence electrons. The van der Waals surface area contributed by atoms with Crippen LogP contribution in [0.1, 0.15) is 12.0 Å². The predicted octanol–water partition coefficient (Wildman–Crippen LogP) is 3.99. The molecule has 2 aromatic carbocycles. The van der Waals surface area contributed by atoms with Gasteiger partial charge in [-0.2, -0.15) is 0 Å². The first-order valence-corrected chi connectivity index (χ1v) is 9.84. The zero-order valence-electron chi connectivity index (χ0n) is 14.8. The van der Waals surface area contributed by atoms with E-state index in [2.05, 4.69) is 10.2 Å². The van der Waals surface area contributed by atoms with Gasteiger partial charge in [0, 0.05) is 5.75 Å². The molecule has 1 fully saturated rings. The monoisotopic (exact) mass is 385 g/mol. The Balaban J connectivity index is 1.63. The second kappa shape index (κ2) is 8.65. The highest BCUT2D eigenvalue weighted by molar-refractivity contribution is 7.99. The molecule has 0 saturated carbocycles. The summed E-state index contributed by atoms with van der Waals surface area (Å²) in [6.07, 6.45) is 0.988.